The Hall–Kier alpha value is -3.22. The summed E-state index contributed by atoms with van der Waals surface area (Å²) >= 11 is 0. The molecule has 7 nitrogen and oxygen atoms in total. The Morgan fingerprint density at radius 2 is 1.93 bits per heavy atom. The maximum atomic E-state index is 12.5. The maximum Gasteiger partial charge on any atom is 0.274 e. The van der Waals surface area contributed by atoms with Gasteiger partial charge in [0.25, 0.3) is 5.91 Å². The molecule has 3 N–H and O–H groups in total. The number of hydrogen-bond acceptors (Lipinski definition) is 5. The molecule has 0 saturated carbocycles. The third kappa shape index (κ3) is 5.90. The van der Waals surface area contributed by atoms with Crippen molar-refractivity contribution in [1.29, 1.82) is 0 Å². The van der Waals surface area contributed by atoms with Crippen molar-refractivity contribution in [2.75, 3.05) is 22.5 Å². The first kappa shape index (κ1) is 19.5. The number of benzene rings is 1. The van der Waals surface area contributed by atoms with E-state index in [1.54, 1.807) is 36.5 Å². The second kappa shape index (κ2) is 9.64. The normalized spacial score (nSPS) is 13.4. The molecule has 0 bridgehead atoms. The Morgan fingerprint density at radius 1 is 1.11 bits per heavy atom. The minimum atomic E-state index is -0.333. The van der Waals surface area contributed by atoms with Crippen molar-refractivity contribution in [3.63, 3.8) is 0 Å². The number of anilines is 3. The Labute approximate surface area is 164 Å². The van der Waals surface area contributed by atoms with Crippen molar-refractivity contribution < 1.29 is 9.59 Å². The number of carbonyl (C=O) groups excluding carboxylic acids is 2. The van der Waals surface area contributed by atoms with Gasteiger partial charge in [-0.05, 0) is 56.4 Å². The molecule has 28 heavy (non-hydrogen) atoms. The summed E-state index contributed by atoms with van der Waals surface area (Å²) in [5, 5.41) is 8.67. The zero-order valence-corrected chi connectivity index (χ0v) is 16.0. The zero-order valence-electron chi connectivity index (χ0n) is 16.0. The predicted octanol–water partition coefficient (Wildman–Crippen LogP) is 3.99. The lowest BCUT2D eigenvalue weighted by Gasteiger charge is -2.13. The fourth-order valence-corrected chi connectivity index (χ4v) is 3.11. The first-order valence-electron chi connectivity index (χ1n) is 9.54. The molecule has 2 amide bonds. The van der Waals surface area contributed by atoms with Crippen LogP contribution in [0, 0.1) is 0 Å². The van der Waals surface area contributed by atoms with Crippen molar-refractivity contribution in [3.8, 4) is 0 Å². The molecule has 1 heterocycles. The standard InChI is InChI=1S/C21H25N5O2/c1-15(27)24-17-8-5-9-18(14-17)25-20(28)19-11-13-23-21(26-19)22-12-10-16-6-3-2-4-7-16/h5-6,8-9,11,13-14H,2-4,7,10,12H2,1H3,(H,24,27)(H,25,28)(H,22,23,26). The van der Waals surface area contributed by atoms with Gasteiger partial charge in [0.05, 0.1) is 0 Å². The molecule has 1 aliphatic rings. The number of hydrogen-bond donors (Lipinski definition) is 3. The molecular formula is C21H25N5O2. The quantitative estimate of drug-likeness (QED) is 0.632. The van der Waals surface area contributed by atoms with E-state index >= 15 is 0 Å². The summed E-state index contributed by atoms with van der Waals surface area (Å²) in [6.45, 7) is 2.18. The summed E-state index contributed by atoms with van der Waals surface area (Å²) in [5.74, 6) is -0.0598. The summed E-state index contributed by atoms with van der Waals surface area (Å²) in [6, 6.07) is 8.53. The SMILES string of the molecule is CC(=O)Nc1cccc(NC(=O)c2ccnc(NCCC3=CCCCC3)n2)c1. The highest BCUT2D eigenvalue weighted by molar-refractivity contribution is 6.03. The van der Waals surface area contributed by atoms with E-state index < -0.39 is 0 Å². The third-order valence-electron chi connectivity index (χ3n) is 4.44. The van der Waals surface area contributed by atoms with Crippen LogP contribution in [0.3, 0.4) is 0 Å². The largest absolute Gasteiger partial charge is 0.354 e. The summed E-state index contributed by atoms with van der Waals surface area (Å²) in [5.41, 5.74) is 2.95. The van der Waals surface area contributed by atoms with Gasteiger partial charge < -0.3 is 16.0 Å². The van der Waals surface area contributed by atoms with Crippen molar-refractivity contribution in [3.05, 3.63) is 53.9 Å². The molecular weight excluding hydrogens is 354 g/mol. The Bertz CT molecular complexity index is 879. The van der Waals surface area contributed by atoms with Crippen molar-refractivity contribution in [2.45, 2.75) is 39.0 Å². The van der Waals surface area contributed by atoms with Gasteiger partial charge in [0.15, 0.2) is 0 Å². The first-order valence-corrected chi connectivity index (χ1v) is 9.54. The molecule has 7 heteroatoms. The molecule has 1 aliphatic carbocycles. The van der Waals surface area contributed by atoms with Crippen LogP contribution in [0.4, 0.5) is 17.3 Å². The second-order valence-corrected chi connectivity index (χ2v) is 6.77. The number of nitrogens with one attached hydrogen (secondary N) is 3. The second-order valence-electron chi connectivity index (χ2n) is 6.77. The van der Waals surface area contributed by atoms with Crippen LogP contribution in [0.5, 0.6) is 0 Å². The van der Waals surface area contributed by atoms with E-state index in [9.17, 15) is 9.59 Å². The van der Waals surface area contributed by atoms with Gasteiger partial charge in [-0.3, -0.25) is 9.59 Å². The van der Waals surface area contributed by atoms with Crippen LogP contribution in [0.25, 0.3) is 0 Å². The lowest BCUT2D eigenvalue weighted by atomic mass is 9.97. The fraction of sp³-hybridized carbons (Fsp3) is 0.333. The molecule has 0 saturated heterocycles. The van der Waals surface area contributed by atoms with Gasteiger partial charge in [-0.2, -0.15) is 0 Å². The number of aromatic nitrogens is 2. The highest BCUT2D eigenvalue weighted by atomic mass is 16.2. The molecule has 3 rings (SSSR count). The molecule has 1 aromatic carbocycles. The van der Waals surface area contributed by atoms with Crippen molar-refractivity contribution in [2.24, 2.45) is 0 Å². The van der Waals surface area contributed by atoms with E-state index in [0.717, 1.165) is 13.0 Å². The van der Waals surface area contributed by atoms with E-state index in [-0.39, 0.29) is 17.5 Å². The molecule has 0 aliphatic heterocycles. The van der Waals surface area contributed by atoms with Crippen LogP contribution >= 0.6 is 0 Å². The summed E-state index contributed by atoms with van der Waals surface area (Å²) < 4.78 is 0. The first-order chi connectivity index (χ1) is 13.6. The molecule has 0 spiro atoms. The van der Waals surface area contributed by atoms with Gasteiger partial charge in [0.1, 0.15) is 5.69 Å². The summed E-state index contributed by atoms with van der Waals surface area (Å²) in [4.78, 5) is 32.2. The molecule has 0 fully saturated rings. The topological polar surface area (TPSA) is 96.0 Å². The van der Waals surface area contributed by atoms with E-state index in [4.69, 9.17) is 0 Å². The van der Waals surface area contributed by atoms with E-state index in [1.807, 2.05) is 0 Å². The number of nitrogens with zero attached hydrogens (tertiary/aromatic N) is 2. The van der Waals surface area contributed by atoms with E-state index in [2.05, 4.69) is 32.0 Å². The van der Waals surface area contributed by atoms with Crippen LogP contribution in [0.15, 0.2) is 48.2 Å². The molecule has 146 valence electrons. The van der Waals surface area contributed by atoms with Gasteiger partial charge in [0.2, 0.25) is 11.9 Å². The van der Waals surface area contributed by atoms with Gasteiger partial charge >= 0.3 is 0 Å². The van der Waals surface area contributed by atoms with Crippen molar-refractivity contribution >= 4 is 29.1 Å². The molecule has 0 unspecified atom stereocenters. The lowest BCUT2D eigenvalue weighted by Crippen LogP contribution is -2.16. The van der Waals surface area contributed by atoms with Gasteiger partial charge in [-0.25, -0.2) is 9.97 Å². The molecule has 0 radical (unpaired) electrons. The fourth-order valence-electron chi connectivity index (χ4n) is 3.11. The maximum absolute atomic E-state index is 12.5. The number of amides is 2. The smallest absolute Gasteiger partial charge is 0.274 e. The Morgan fingerprint density at radius 3 is 2.68 bits per heavy atom. The molecule has 1 aromatic heterocycles. The highest BCUT2D eigenvalue weighted by Gasteiger charge is 2.10. The molecule has 2 aromatic rings. The van der Waals surface area contributed by atoms with Crippen LogP contribution in [0.1, 0.15) is 49.5 Å². The minimum absolute atomic E-state index is 0.168. The number of allylic oxidation sites excluding steroid dienone is 1. The lowest BCUT2D eigenvalue weighted by molar-refractivity contribution is -0.114. The van der Waals surface area contributed by atoms with Gasteiger partial charge in [-0.1, -0.05) is 17.7 Å². The average molecular weight is 379 g/mol. The van der Waals surface area contributed by atoms with Crippen LogP contribution in [-0.4, -0.2) is 28.3 Å². The number of carbonyl (C=O) groups is 2. The monoisotopic (exact) mass is 379 g/mol. The number of rotatable bonds is 7. The summed E-state index contributed by atoms with van der Waals surface area (Å²) in [7, 11) is 0. The van der Waals surface area contributed by atoms with E-state index in [0.29, 0.717) is 17.3 Å². The third-order valence-corrected chi connectivity index (χ3v) is 4.44. The molecule has 0 atom stereocenters. The predicted molar refractivity (Wildman–Crippen MR) is 110 cm³/mol. The minimum Gasteiger partial charge on any atom is -0.354 e. The zero-order chi connectivity index (χ0) is 19.8. The van der Waals surface area contributed by atoms with Crippen LogP contribution in [-0.2, 0) is 4.79 Å². The van der Waals surface area contributed by atoms with Gasteiger partial charge in [0, 0.05) is 31.0 Å². The van der Waals surface area contributed by atoms with Crippen molar-refractivity contribution in [1.82, 2.24) is 9.97 Å². The highest BCUT2D eigenvalue weighted by Crippen LogP contribution is 2.20. The Balaban J connectivity index is 1.57. The average Bonchev–Trinajstić information content (AvgIpc) is 2.69. The Kier molecular flexibility index (Phi) is 6.73. The van der Waals surface area contributed by atoms with Crippen LogP contribution < -0.4 is 16.0 Å². The van der Waals surface area contributed by atoms with Gasteiger partial charge in [-0.15, -0.1) is 0 Å². The van der Waals surface area contributed by atoms with Crippen LogP contribution in [0.2, 0.25) is 0 Å². The summed E-state index contributed by atoms with van der Waals surface area (Å²) in [6.07, 6.45) is 9.75. The van der Waals surface area contributed by atoms with E-state index in [1.165, 1.54) is 38.2 Å².